The molecule has 1 fully saturated rings. The summed E-state index contributed by atoms with van der Waals surface area (Å²) in [6.07, 6.45) is 6.46. The molecule has 0 radical (unpaired) electrons. The average Bonchev–Trinajstić information content (AvgIpc) is 2.86. The van der Waals surface area contributed by atoms with Gasteiger partial charge in [0.1, 0.15) is 0 Å². The predicted octanol–water partition coefficient (Wildman–Crippen LogP) is 3.38. The molecule has 1 saturated carbocycles. The smallest absolute Gasteiger partial charge is 0.0706 e. The highest BCUT2D eigenvalue weighted by atomic mass is 15.3. The molecule has 1 N–H and O–H groups in total. The highest BCUT2D eigenvalue weighted by Crippen LogP contribution is 2.29. The van der Waals surface area contributed by atoms with Gasteiger partial charge < -0.3 is 5.32 Å². The first kappa shape index (κ1) is 13.6. The van der Waals surface area contributed by atoms with Gasteiger partial charge >= 0.3 is 0 Å². The van der Waals surface area contributed by atoms with Crippen molar-refractivity contribution in [2.45, 2.75) is 51.6 Å². The molecule has 108 valence electrons. The van der Waals surface area contributed by atoms with Crippen LogP contribution in [0.1, 0.15) is 38.3 Å². The number of aromatic nitrogens is 2. The summed E-state index contributed by atoms with van der Waals surface area (Å²) in [5.74, 6) is 0.782. The number of rotatable bonds is 4. The van der Waals surface area contributed by atoms with Gasteiger partial charge in [-0.1, -0.05) is 24.6 Å². The molecule has 20 heavy (non-hydrogen) atoms. The van der Waals surface area contributed by atoms with Crippen molar-refractivity contribution < 1.29 is 0 Å². The lowest BCUT2D eigenvalue weighted by molar-refractivity contribution is 0.293. The van der Waals surface area contributed by atoms with E-state index in [1.54, 1.807) is 0 Å². The summed E-state index contributed by atoms with van der Waals surface area (Å²) in [6.45, 7) is 3.12. The molecular formula is C17H25N3. The van der Waals surface area contributed by atoms with E-state index < -0.39 is 0 Å². The van der Waals surface area contributed by atoms with Gasteiger partial charge in [0, 0.05) is 18.0 Å². The maximum absolute atomic E-state index is 4.85. The first-order chi connectivity index (χ1) is 9.81. The Balaban J connectivity index is 1.83. The SMILES string of the molecule is CCn1nc(CC2CCCC(NC)C2)c2ccccc21. The van der Waals surface area contributed by atoms with Gasteiger partial charge in [-0.2, -0.15) is 5.10 Å². The Morgan fingerprint density at radius 2 is 2.15 bits per heavy atom. The zero-order valence-corrected chi connectivity index (χ0v) is 12.6. The molecule has 0 aliphatic heterocycles. The van der Waals surface area contributed by atoms with Crippen LogP contribution in [0.4, 0.5) is 0 Å². The van der Waals surface area contributed by atoms with E-state index in [9.17, 15) is 0 Å². The summed E-state index contributed by atoms with van der Waals surface area (Å²) < 4.78 is 2.14. The third-order valence-corrected chi connectivity index (χ3v) is 4.71. The molecule has 0 saturated heterocycles. The minimum atomic E-state index is 0.702. The molecule has 1 aliphatic carbocycles. The van der Waals surface area contributed by atoms with Crippen molar-refractivity contribution in [1.29, 1.82) is 0 Å². The highest BCUT2D eigenvalue weighted by molar-refractivity contribution is 5.81. The Kier molecular flexibility index (Phi) is 4.06. The van der Waals surface area contributed by atoms with Gasteiger partial charge in [-0.25, -0.2) is 0 Å². The molecule has 1 aromatic heterocycles. The molecule has 0 spiro atoms. The van der Waals surface area contributed by atoms with Gasteiger partial charge in [-0.3, -0.25) is 4.68 Å². The van der Waals surface area contributed by atoms with Crippen molar-refractivity contribution in [2.75, 3.05) is 7.05 Å². The molecule has 2 aromatic rings. The van der Waals surface area contributed by atoms with E-state index in [4.69, 9.17) is 5.10 Å². The minimum Gasteiger partial charge on any atom is -0.317 e. The van der Waals surface area contributed by atoms with Crippen molar-refractivity contribution in [1.82, 2.24) is 15.1 Å². The molecule has 3 rings (SSSR count). The lowest BCUT2D eigenvalue weighted by Gasteiger charge is -2.28. The van der Waals surface area contributed by atoms with Crippen molar-refractivity contribution in [3.63, 3.8) is 0 Å². The lowest BCUT2D eigenvalue weighted by Crippen LogP contribution is -2.32. The Morgan fingerprint density at radius 3 is 2.95 bits per heavy atom. The number of hydrogen-bond donors (Lipinski definition) is 1. The second-order valence-corrected chi connectivity index (χ2v) is 6.00. The summed E-state index contributed by atoms with van der Waals surface area (Å²) in [6, 6.07) is 9.35. The summed E-state index contributed by atoms with van der Waals surface area (Å²) in [5, 5.41) is 9.64. The fourth-order valence-electron chi connectivity index (χ4n) is 3.60. The number of aryl methyl sites for hydroxylation is 1. The average molecular weight is 271 g/mol. The first-order valence-electron chi connectivity index (χ1n) is 7.93. The lowest BCUT2D eigenvalue weighted by atomic mass is 9.83. The number of nitrogens with one attached hydrogen (secondary N) is 1. The number of fused-ring (bicyclic) bond motifs is 1. The fraction of sp³-hybridized carbons (Fsp3) is 0.588. The summed E-state index contributed by atoms with van der Waals surface area (Å²) >= 11 is 0. The first-order valence-corrected chi connectivity index (χ1v) is 7.93. The van der Waals surface area contributed by atoms with Gasteiger partial charge in [0.2, 0.25) is 0 Å². The van der Waals surface area contributed by atoms with Gasteiger partial charge in [0.05, 0.1) is 11.2 Å². The van der Waals surface area contributed by atoms with Crippen LogP contribution in [0.3, 0.4) is 0 Å². The van der Waals surface area contributed by atoms with E-state index in [0.717, 1.165) is 18.9 Å². The number of nitrogens with zero attached hydrogens (tertiary/aromatic N) is 2. The zero-order valence-electron chi connectivity index (χ0n) is 12.6. The van der Waals surface area contributed by atoms with Crippen LogP contribution in [-0.2, 0) is 13.0 Å². The second kappa shape index (κ2) is 5.96. The maximum Gasteiger partial charge on any atom is 0.0706 e. The van der Waals surface area contributed by atoms with E-state index in [2.05, 4.69) is 48.2 Å². The standard InChI is InChI=1S/C17H25N3/c1-3-20-17-10-5-4-9-15(17)16(19-20)12-13-7-6-8-14(11-13)18-2/h4-5,9-10,13-14,18H,3,6-8,11-12H2,1-2H3. The predicted molar refractivity (Wildman–Crippen MR) is 83.9 cm³/mol. The van der Waals surface area contributed by atoms with Gasteiger partial charge in [-0.05, 0) is 51.6 Å². The number of para-hydroxylation sites is 1. The summed E-state index contributed by atoms with van der Waals surface area (Å²) in [7, 11) is 2.09. The van der Waals surface area contributed by atoms with Gasteiger partial charge in [-0.15, -0.1) is 0 Å². The number of hydrogen-bond acceptors (Lipinski definition) is 2. The monoisotopic (exact) mass is 271 g/mol. The third kappa shape index (κ3) is 2.59. The van der Waals surface area contributed by atoms with Crippen molar-refractivity contribution in [2.24, 2.45) is 5.92 Å². The van der Waals surface area contributed by atoms with Crippen LogP contribution in [0.5, 0.6) is 0 Å². The van der Waals surface area contributed by atoms with E-state index in [1.165, 1.54) is 42.3 Å². The summed E-state index contributed by atoms with van der Waals surface area (Å²) in [5.41, 5.74) is 2.58. The Morgan fingerprint density at radius 1 is 1.30 bits per heavy atom. The normalized spacial score (nSPS) is 23.3. The van der Waals surface area contributed by atoms with E-state index in [0.29, 0.717) is 6.04 Å². The zero-order chi connectivity index (χ0) is 13.9. The number of benzene rings is 1. The molecule has 0 amide bonds. The molecule has 2 unspecified atom stereocenters. The van der Waals surface area contributed by atoms with Crippen LogP contribution in [-0.4, -0.2) is 22.9 Å². The maximum atomic E-state index is 4.85. The molecule has 1 aliphatic rings. The second-order valence-electron chi connectivity index (χ2n) is 6.00. The Hall–Kier alpha value is -1.35. The van der Waals surface area contributed by atoms with Crippen LogP contribution >= 0.6 is 0 Å². The molecule has 3 nitrogen and oxygen atoms in total. The van der Waals surface area contributed by atoms with Gasteiger partial charge in [0.15, 0.2) is 0 Å². The van der Waals surface area contributed by atoms with Crippen LogP contribution in [0.25, 0.3) is 10.9 Å². The van der Waals surface area contributed by atoms with Crippen LogP contribution in [0.15, 0.2) is 24.3 Å². The molecule has 0 bridgehead atoms. The molecular weight excluding hydrogens is 246 g/mol. The minimum absolute atomic E-state index is 0.702. The van der Waals surface area contributed by atoms with Crippen molar-refractivity contribution in [3.8, 4) is 0 Å². The third-order valence-electron chi connectivity index (χ3n) is 4.71. The summed E-state index contributed by atoms with van der Waals surface area (Å²) in [4.78, 5) is 0. The Bertz CT molecular complexity index is 573. The van der Waals surface area contributed by atoms with E-state index in [1.807, 2.05) is 0 Å². The van der Waals surface area contributed by atoms with Crippen molar-refractivity contribution in [3.05, 3.63) is 30.0 Å². The molecule has 2 atom stereocenters. The molecule has 1 aromatic carbocycles. The topological polar surface area (TPSA) is 29.9 Å². The van der Waals surface area contributed by atoms with Crippen LogP contribution < -0.4 is 5.32 Å². The molecule has 3 heteroatoms. The van der Waals surface area contributed by atoms with Crippen LogP contribution in [0, 0.1) is 5.92 Å². The Labute approximate surface area is 121 Å². The fourth-order valence-corrected chi connectivity index (χ4v) is 3.60. The van der Waals surface area contributed by atoms with E-state index >= 15 is 0 Å². The van der Waals surface area contributed by atoms with Crippen molar-refractivity contribution >= 4 is 10.9 Å². The highest BCUT2D eigenvalue weighted by Gasteiger charge is 2.22. The quantitative estimate of drug-likeness (QED) is 0.924. The van der Waals surface area contributed by atoms with Crippen LogP contribution in [0.2, 0.25) is 0 Å². The molecule has 1 heterocycles. The van der Waals surface area contributed by atoms with E-state index in [-0.39, 0.29) is 0 Å². The largest absolute Gasteiger partial charge is 0.317 e. The van der Waals surface area contributed by atoms with Gasteiger partial charge in [0.25, 0.3) is 0 Å².